The molecule has 0 bridgehead atoms. The number of carbonyl (C=O) groups excluding carboxylic acids is 1. The van der Waals surface area contributed by atoms with Crippen LogP contribution >= 0.6 is 0 Å². The van der Waals surface area contributed by atoms with Gasteiger partial charge in [0.15, 0.2) is 0 Å². The Hall–Kier alpha value is -2.95. The number of hydrogen-bond acceptors (Lipinski definition) is 3. The number of hydrogen-bond donors (Lipinski definition) is 1. The summed E-state index contributed by atoms with van der Waals surface area (Å²) < 4.78 is 6.69. The molecule has 0 spiro atoms. The monoisotopic (exact) mass is 414 g/mol. The first-order chi connectivity index (χ1) is 15.2. The lowest BCUT2D eigenvalue weighted by molar-refractivity contribution is -0.0330. The Bertz CT molecular complexity index is 935. The fraction of sp³-hybridized carbons (Fsp3) is 0.296. The smallest absolute Gasteiger partial charge is 0.248 e. The highest BCUT2D eigenvalue weighted by Gasteiger charge is 2.25. The number of amides is 1. The van der Waals surface area contributed by atoms with E-state index in [-0.39, 0.29) is 18.1 Å². The van der Waals surface area contributed by atoms with Gasteiger partial charge in [-0.1, -0.05) is 72.8 Å². The highest BCUT2D eigenvalue weighted by atomic mass is 16.5. The molecule has 1 aliphatic rings. The first kappa shape index (κ1) is 21.3. The lowest BCUT2D eigenvalue weighted by atomic mass is 10.00. The van der Waals surface area contributed by atoms with E-state index in [0.29, 0.717) is 5.56 Å². The Morgan fingerprint density at radius 2 is 1.65 bits per heavy atom. The molecule has 2 N–H and O–H groups in total. The highest BCUT2D eigenvalue weighted by Crippen LogP contribution is 2.29. The van der Waals surface area contributed by atoms with Gasteiger partial charge in [0.2, 0.25) is 5.91 Å². The number of piperidine rings is 1. The zero-order valence-electron chi connectivity index (χ0n) is 17.8. The molecule has 4 heteroatoms. The molecule has 1 fully saturated rings. The molecule has 1 unspecified atom stereocenters. The molecule has 1 aliphatic heterocycles. The molecular formula is C27H30N2O2. The standard InChI is InChI=1S/C27H30N2O2/c28-27(30)24-14-7-9-21(19-24)16-18-29-17-8-15-25(20-29)31-26(22-10-3-1-4-11-22)23-12-5-2-6-13-23/h1-7,9-14,19,25-26H,8,15-18,20H2,(H2,28,30). The first-order valence-corrected chi connectivity index (χ1v) is 11.1. The summed E-state index contributed by atoms with van der Waals surface area (Å²) in [4.78, 5) is 13.9. The number of primary amides is 1. The molecule has 0 aliphatic carbocycles. The molecule has 4 rings (SSSR count). The topological polar surface area (TPSA) is 55.6 Å². The van der Waals surface area contributed by atoms with E-state index in [4.69, 9.17) is 10.5 Å². The molecule has 1 heterocycles. The van der Waals surface area contributed by atoms with Crippen LogP contribution in [-0.2, 0) is 11.2 Å². The van der Waals surface area contributed by atoms with Gasteiger partial charge in [-0.25, -0.2) is 0 Å². The van der Waals surface area contributed by atoms with Gasteiger partial charge < -0.3 is 15.4 Å². The second kappa shape index (κ2) is 10.4. The van der Waals surface area contributed by atoms with E-state index in [2.05, 4.69) is 59.5 Å². The lowest BCUT2D eigenvalue weighted by Crippen LogP contribution is -2.41. The van der Waals surface area contributed by atoms with Crippen LogP contribution in [0.3, 0.4) is 0 Å². The van der Waals surface area contributed by atoms with Crippen LogP contribution in [0, 0.1) is 0 Å². The molecule has 31 heavy (non-hydrogen) atoms. The molecule has 0 aromatic heterocycles. The number of likely N-dealkylation sites (tertiary alicyclic amines) is 1. The minimum Gasteiger partial charge on any atom is -0.366 e. The van der Waals surface area contributed by atoms with Crippen molar-refractivity contribution in [2.24, 2.45) is 5.73 Å². The van der Waals surface area contributed by atoms with Crippen molar-refractivity contribution in [2.75, 3.05) is 19.6 Å². The fourth-order valence-corrected chi connectivity index (χ4v) is 4.29. The van der Waals surface area contributed by atoms with Crippen molar-refractivity contribution in [1.82, 2.24) is 4.90 Å². The van der Waals surface area contributed by atoms with E-state index in [1.165, 1.54) is 11.1 Å². The molecular weight excluding hydrogens is 384 g/mol. The second-order valence-electron chi connectivity index (χ2n) is 8.22. The van der Waals surface area contributed by atoms with E-state index in [1.54, 1.807) is 6.07 Å². The van der Waals surface area contributed by atoms with E-state index in [9.17, 15) is 4.79 Å². The van der Waals surface area contributed by atoms with Crippen molar-refractivity contribution in [3.63, 3.8) is 0 Å². The maximum Gasteiger partial charge on any atom is 0.248 e. The van der Waals surface area contributed by atoms with Crippen LogP contribution in [0.25, 0.3) is 0 Å². The summed E-state index contributed by atoms with van der Waals surface area (Å²) in [6.45, 7) is 2.95. The number of carbonyl (C=O) groups is 1. The van der Waals surface area contributed by atoms with Crippen LogP contribution in [-0.4, -0.2) is 36.5 Å². The van der Waals surface area contributed by atoms with E-state index >= 15 is 0 Å². The van der Waals surface area contributed by atoms with E-state index in [1.807, 2.05) is 24.3 Å². The van der Waals surface area contributed by atoms with Gasteiger partial charge in [-0.3, -0.25) is 4.79 Å². The Morgan fingerprint density at radius 3 is 2.29 bits per heavy atom. The Kier molecular flexibility index (Phi) is 7.13. The van der Waals surface area contributed by atoms with Gasteiger partial charge in [-0.05, 0) is 54.6 Å². The molecule has 1 atom stereocenters. The van der Waals surface area contributed by atoms with Gasteiger partial charge in [0, 0.05) is 18.7 Å². The number of nitrogens with two attached hydrogens (primary N) is 1. The van der Waals surface area contributed by atoms with Gasteiger partial charge in [0.05, 0.1) is 6.10 Å². The highest BCUT2D eigenvalue weighted by molar-refractivity contribution is 5.92. The summed E-state index contributed by atoms with van der Waals surface area (Å²) in [7, 11) is 0. The first-order valence-electron chi connectivity index (χ1n) is 11.1. The minimum absolute atomic E-state index is 0.0559. The van der Waals surface area contributed by atoms with Crippen LogP contribution in [0.15, 0.2) is 84.9 Å². The van der Waals surface area contributed by atoms with Crippen molar-refractivity contribution < 1.29 is 9.53 Å². The van der Waals surface area contributed by atoms with Gasteiger partial charge >= 0.3 is 0 Å². The number of benzene rings is 3. The zero-order valence-corrected chi connectivity index (χ0v) is 17.8. The lowest BCUT2D eigenvalue weighted by Gasteiger charge is -2.35. The molecule has 3 aromatic carbocycles. The van der Waals surface area contributed by atoms with Crippen LogP contribution in [0.1, 0.15) is 46.0 Å². The third-order valence-electron chi connectivity index (χ3n) is 5.92. The Balaban J connectivity index is 1.40. The Labute approximate surface area is 184 Å². The fourth-order valence-electron chi connectivity index (χ4n) is 4.29. The number of ether oxygens (including phenoxy) is 1. The van der Waals surface area contributed by atoms with Crippen LogP contribution in [0.2, 0.25) is 0 Å². The van der Waals surface area contributed by atoms with Crippen LogP contribution < -0.4 is 5.73 Å². The van der Waals surface area contributed by atoms with Gasteiger partial charge in [-0.2, -0.15) is 0 Å². The van der Waals surface area contributed by atoms with Gasteiger partial charge in [0.1, 0.15) is 6.10 Å². The second-order valence-corrected chi connectivity index (χ2v) is 8.22. The quantitative estimate of drug-likeness (QED) is 0.586. The molecule has 1 amide bonds. The predicted molar refractivity (Wildman–Crippen MR) is 124 cm³/mol. The summed E-state index contributed by atoms with van der Waals surface area (Å²) in [6.07, 6.45) is 3.23. The third-order valence-corrected chi connectivity index (χ3v) is 5.92. The normalized spacial score (nSPS) is 17.0. The van der Waals surface area contributed by atoms with Gasteiger partial charge in [-0.15, -0.1) is 0 Å². The molecule has 0 radical (unpaired) electrons. The van der Waals surface area contributed by atoms with Crippen molar-refractivity contribution in [3.05, 3.63) is 107 Å². The van der Waals surface area contributed by atoms with E-state index < -0.39 is 0 Å². The molecule has 160 valence electrons. The van der Waals surface area contributed by atoms with Crippen molar-refractivity contribution in [3.8, 4) is 0 Å². The third kappa shape index (κ3) is 5.81. The molecule has 1 saturated heterocycles. The zero-order chi connectivity index (χ0) is 21.5. The van der Waals surface area contributed by atoms with E-state index in [0.717, 1.165) is 44.5 Å². The summed E-state index contributed by atoms with van der Waals surface area (Å²) in [5.41, 5.74) is 9.51. The average Bonchev–Trinajstić information content (AvgIpc) is 2.83. The van der Waals surface area contributed by atoms with Crippen molar-refractivity contribution in [2.45, 2.75) is 31.5 Å². The summed E-state index contributed by atoms with van der Waals surface area (Å²) in [5.74, 6) is -0.374. The Morgan fingerprint density at radius 1 is 0.968 bits per heavy atom. The molecule has 3 aromatic rings. The minimum atomic E-state index is -0.374. The van der Waals surface area contributed by atoms with Crippen LogP contribution in [0.5, 0.6) is 0 Å². The van der Waals surface area contributed by atoms with Crippen molar-refractivity contribution >= 4 is 5.91 Å². The van der Waals surface area contributed by atoms with Crippen LogP contribution in [0.4, 0.5) is 0 Å². The molecule has 0 saturated carbocycles. The number of rotatable bonds is 8. The summed E-state index contributed by atoms with van der Waals surface area (Å²) >= 11 is 0. The summed E-state index contributed by atoms with van der Waals surface area (Å²) in [6, 6.07) is 28.6. The predicted octanol–water partition coefficient (Wildman–Crippen LogP) is 4.60. The maximum absolute atomic E-state index is 11.4. The summed E-state index contributed by atoms with van der Waals surface area (Å²) in [5, 5.41) is 0. The largest absolute Gasteiger partial charge is 0.366 e. The SMILES string of the molecule is NC(=O)c1cccc(CCN2CCCC(OC(c3ccccc3)c3ccccc3)C2)c1. The molecule has 4 nitrogen and oxygen atoms in total. The average molecular weight is 415 g/mol. The van der Waals surface area contributed by atoms with Gasteiger partial charge in [0.25, 0.3) is 0 Å². The number of nitrogens with zero attached hydrogens (tertiary/aromatic N) is 1. The maximum atomic E-state index is 11.4. The van der Waals surface area contributed by atoms with Crippen molar-refractivity contribution in [1.29, 1.82) is 0 Å².